The van der Waals surface area contributed by atoms with Crippen LogP contribution in [-0.4, -0.2) is 32.9 Å². The van der Waals surface area contributed by atoms with E-state index in [2.05, 4.69) is 9.55 Å². The summed E-state index contributed by atoms with van der Waals surface area (Å²) in [7, 11) is 0. The largest absolute Gasteiger partial charge is 0.508 e. The van der Waals surface area contributed by atoms with Crippen LogP contribution in [0.1, 0.15) is 30.3 Å². The highest BCUT2D eigenvalue weighted by Gasteiger charge is 2.22. The molecule has 3 heterocycles. The van der Waals surface area contributed by atoms with Gasteiger partial charge >= 0.3 is 0 Å². The van der Waals surface area contributed by atoms with E-state index in [1.54, 1.807) is 12.1 Å². The molecule has 0 bridgehead atoms. The third-order valence-corrected chi connectivity index (χ3v) is 4.38. The fraction of sp³-hybridized carbons (Fsp3) is 0.333. The monoisotopic (exact) mass is 309 g/mol. The minimum Gasteiger partial charge on any atom is -0.508 e. The number of ether oxygens (including phenoxy) is 1. The quantitative estimate of drug-likeness (QED) is 0.807. The third-order valence-electron chi connectivity index (χ3n) is 4.38. The smallest absolute Gasteiger partial charge is 0.160 e. The van der Waals surface area contributed by atoms with Crippen LogP contribution in [0.4, 0.5) is 0 Å². The predicted molar refractivity (Wildman–Crippen MR) is 87.5 cm³/mol. The average molecular weight is 309 g/mol. The highest BCUT2D eigenvalue weighted by molar-refractivity contribution is 5.71. The summed E-state index contributed by atoms with van der Waals surface area (Å²) >= 11 is 0. The van der Waals surface area contributed by atoms with Gasteiger partial charge in [-0.05, 0) is 42.7 Å². The maximum atomic E-state index is 9.45. The summed E-state index contributed by atoms with van der Waals surface area (Å²) < 4.78 is 7.78. The molecule has 0 spiro atoms. The molecule has 0 radical (unpaired) electrons. The summed E-state index contributed by atoms with van der Waals surface area (Å²) in [6.07, 6.45) is 4.54. The first kappa shape index (κ1) is 14.2. The molecule has 3 aromatic rings. The second-order valence-electron chi connectivity index (χ2n) is 5.93. The highest BCUT2D eigenvalue weighted by Crippen LogP contribution is 2.28. The fourth-order valence-electron chi connectivity index (χ4n) is 3.22. The normalized spacial score (nSPS) is 16.0. The summed E-state index contributed by atoms with van der Waals surface area (Å²) in [5.74, 6) is 1.31. The van der Waals surface area contributed by atoms with Crippen LogP contribution >= 0.6 is 0 Å². The molecule has 0 amide bonds. The molecule has 1 N–H and O–H groups in total. The summed E-state index contributed by atoms with van der Waals surface area (Å²) in [4.78, 5) is 9.36. The SMILES string of the molecule is Oc1ccc(Cc2nc3cccnc3n2C2CCOCC2)cc1. The molecule has 1 fully saturated rings. The molecule has 1 saturated heterocycles. The molecule has 23 heavy (non-hydrogen) atoms. The van der Waals surface area contributed by atoms with Gasteiger partial charge < -0.3 is 14.4 Å². The van der Waals surface area contributed by atoms with Gasteiger partial charge in [0.25, 0.3) is 0 Å². The molecule has 2 aromatic heterocycles. The molecule has 0 unspecified atom stereocenters. The van der Waals surface area contributed by atoms with E-state index in [1.807, 2.05) is 30.5 Å². The van der Waals surface area contributed by atoms with Crippen LogP contribution in [0.25, 0.3) is 11.2 Å². The van der Waals surface area contributed by atoms with Crippen LogP contribution in [-0.2, 0) is 11.2 Å². The number of pyridine rings is 1. The zero-order chi connectivity index (χ0) is 15.6. The lowest BCUT2D eigenvalue weighted by molar-refractivity contribution is 0.0698. The molecule has 1 aliphatic rings. The van der Waals surface area contributed by atoms with Crippen LogP contribution < -0.4 is 0 Å². The van der Waals surface area contributed by atoms with Crippen LogP contribution in [0.2, 0.25) is 0 Å². The number of phenolic OH excluding ortho intramolecular Hbond substituents is 1. The average Bonchev–Trinajstić information content (AvgIpc) is 2.95. The Balaban J connectivity index is 1.76. The Labute approximate surface area is 134 Å². The molecule has 118 valence electrons. The zero-order valence-corrected chi connectivity index (χ0v) is 12.9. The van der Waals surface area contributed by atoms with Crippen LogP contribution in [0.15, 0.2) is 42.6 Å². The highest BCUT2D eigenvalue weighted by atomic mass is 16.5. The van der Waals surface area contributed by atoms with Gasteiger partial charge in [-0.25, -0.2) is 9.97 Å². The van der Waals surface area contributed by atoms with Gasteiger partial charge in [0.15, 0.2) is 5.65 Å². The molecule has 0 saturated carbocycles. The van der Waals surface area contributed by atoms with E-state index < -0.39 is 0 Å². The Kier molecular flexibility index (Phi) is 3.71. The molecule has 4 rings (SSSR count). The number of aromatic nitrogens is 3. The van der Waals surface area contributed by atoms with Crippen LogP contribution in [0.3, 0.4) is 0 Å². The summed E-state index contributed by atoms with van der Waals surface area (Å²) in [5, 5.41) is 9.45. The second kappa shape index (κ2) is 6.01. The predicted octanol–water partition coefficient (Wildman–Crippen LogP) is 3.08. The lowest BCUT2D eigenvalue weighted by atomic mass is 10.1. The topological polar surface area (TPSA) is 60.2 Å². The van der Waals surface area contributed by atoms with Crippen molar-refractivity contribution in [3.63, 3.8) is 0 Å². The van der Waals surface area contributed by atoms with Crippen molar-refractivity contribution in [2.75, 3.05) is 13.2 Å². The number of phenols is 1. The second-order valence-corrected chi connectivity index (χ2v) is 5.93. The van der Waals surface area contributed by atoms with E-state index in [-0.39, 0.29) is 5.75 Å². The van der Waals surface area contributed by atoms with Gasteiger partial charge in [0.05, 0.1) is 0 Å². The van der Waals surface area contributed by atoms with E-state index >= 15 is 0 Å². The van der Waals surface area contributed by atoms with E-state index in [0.717, 1.165) is 55.0 Å². The van der Waals surface area contributed by atoms with Crippen molar-refractivity contribution in [2.45, 2.75) is 25.3 Å². The summed E-state index contributed by atoms with van der Waals surface area (Å²) in [6, 6.07) is 11.6. The van der Waals surface area contributed by atoms with Crippen molar-refractivity contribution in [2.24, 2.45) is 0 Å². The zero-order valence-electron chi connectivity index (χ0n) is 12.9. The van der Waals surface area contributed by atoms with E-state index in [1.165, 1.54) is 0 Å². The fourth-order valence-corrected chi connectivity index (χ4v) is 3.22. The molecule has 5 heteroatoms. The molecular formula is C18H19N3O2. The molecule has 1 aliphatic heterocycles. The van der Waals surface area contributed by atoms with Crippen molar-refractivity contribution < 1.29 is 9.84 Å². The molecule has 1 aromatic carbocycles. The van der Waals surface area contributed by atoms with E-state index in [4.69, 9.17) is 9.72 Å². The number of hydrogen-bond acceptors (Lipinski definition) is 4. The van der Waals surface area contributed by atoms with Crippen LogP contribution in [0.5, 0.6) is 5.75 Å². The minimum absolute atomic E-state index is 0.286. The third kappa shape index (κ3) is 2.80. The number of fused-ring (bicyclic) bond motifs is 1. The Morgan fingerprint density at radius 3 is 2.70 bits per heavy atom. The van der Waals surface area contributed by atoms with Crippen LogP contribution in [0, 0.1) is 0 Å². The number of imidazole rings is 1. The number of rotatable bonds is 3. The Morgan fingerprint density at radius 1 is 1.13 bits per heavy atom. The van der Waals surface area contributed by atoms with Gasteiger partial charge in [-0.1, -0.05) is 12.1 Å². The summed E-state index contributed by atoms with van der Waals surface area (Å²) in [5.41, 5.74) is 3.02. The Hall–Kier alpha value is -2.40. The van der Waals surface area contributed by atoms with Crippen molar-refractivity contribution in [1.29, 1.82) is 0 Å². The Bertz CT molecular complexity index is 805. The molecule has 5 nitrogen and oxygen atoms in total. The number of hydrogen-bond donors (Lipinski definition) is 1. The van der Waals surface area contributed by atoms with E-state index in [9.17, 15) is 5.11 Å². The maximum Gasteiger partial charge on any atom is 0.160 e. The van der Waals surface area contributed by atoms with Gasteiger partial charge in [0.2, 0.25) is 0 Å². The van der Waals surface area contributed by atoms with Crippen molar-refractivity contribution in [3.8, 4) is 5.75 Å². The Morgan fingerprint density at radius 2 is 1.91 bits per heavy atom. The van der Waals surface area contributed by atoms with Crippen molar-refractivity contribution >= 4 is 11.2 Å². The van der Waals surface area contributed by atoms with Gasteiger partial charge in [0, 0.05) is 31.9 Å². The van der Waals surface area contributed by atoms with E-state index in [0.29, 0.717) is 6.04 Å². The first-order chi connectivity index (χ1) is 11.3. The van der Waals surface area contributed by atoms with Gasteiger partial charge in [0.1, 0.15) is 17.1 Å². The van der Waals surface area contributed by atoms with Gasteiger partial charge in [-0.15, -0.1) is 0 Å². The number of nitrogens with zero attached hydrogens (tertiary/aromatic N) is 3. The lowest BCUT2D eigenvalue weighted by Crippen LogP contribution is -2.21. The first-order valence-corrected chi connectivity index (χ1v) is 7.99. The van der Waals surface area contributed by atoms with Gasteiger partial charge in [-0.2, -0.15) is 0 Å². The van der Waals surface area contributed by atoms with Crippen molar-refractivity contribution in [3.05, 3.63) is 54.0 Å². The maximum absolute atomic E-state index is 9.45. The van der Waals surface area contributed by atoms with Gasteiger partial charge in [-0.3, -0.25) is 0 Å². The molecule has 0 aliphatic carbocycles. The van der Waals surface area contributed by atoms with Crippen molar-refractivity contribution in [1.82, 2.24) is 14.5 Å². The minimum atomic E-state index is 0.286. The molecular weight excluding hydrogens is 290 g/mol. The number of aromatic hydroxyl groups is 1. The summed E-state index contributed by atoms with van der Waals surface area (Å²) in [6.45, 7) is 1.58. The standard InChI is InChI=1S/C18H19N3O2/c22-15-5-3-13(4-6-15)12-17-20-16-2-1-9-19-18(16)21(17)14-7-10-23-11-8-14/h1-6,9,14,22H,7-8,10-12H2. The number of benzene rings is 1. The molecule has 0 atom stereocenters. The lowest BCUT2D eigenvalue weighted by Gasteiger charge is -2.25. The first-order valence-electron chi connectivity index (χ1n) is 7.99.